The zero-order valence-corrected chi connectivity index (χ0v) is 29.5. The lowest BCUT2D eigenvalue weighted by Crippen LogP contribution is -2.55. The van der Waals surface area contributed by atoms with Gasteiger partial charge in [0.05, 0.1) is 36.3 Å². The summed E-state index contributed by atoms with van der Waals surface area (Å²) in [6.07, 6.45) is 5.74. The van der Waals surface area contributed by atoms with E-state index in [1.807, 2.05) is 63.8 Å². The Balaban J connectivity index is 1.18. The summed E-state index contributed by atoms with van der Waals surface area (Å²) in [7, 11) is 3.68. The Morgan fingerprint density at radius 3 is 2.57 bits per heavy atom. The number of likely N-dealkylation sites (N-methyl/N-ethyl adjacent to an activating group) is 1. The molecule has 1 spiro atoms. The summed E-state index contributed by atoms with van der Waals surface area (Å²) in [6, 6.07) is 5.63. The van der Waals surface area contributed by atoms with Crippen molar-refractivity contribution in [3.8, 4) is 0 Å². The Morgan fingerprint density at radius 1 is 1.06 bits per heavy atom. The molecular weight excluding hydrogens is 626 g/mol. The Hall–Kier alpha value is -4.17. The first kappa shape index (κ1) is 33.3. The molecule has 2 amide bonds. The number of anilines is 4. The van der Waals surface area contributed by atoms with Crippen molar-refractivity contribution in [1.82, 2.24) is 30.4 Å². The summed E-state index contributed by atoms with van der Waals surface area (Å²) >= 11 is 0. The number of nitrogens with zero attached hydrogens (tertiary/aromatic N) is 7. The van der Waals surface area contributed by atoms with E-state index in [-0.39, 0.29) is 29.7 Å². The molecule has 2 aromatic heterocycles. The molecule has 14 heteroatoms. The largest absolute Gasteiger partial charge is 0.444 e. The van der Waals surface area contributed by atoms with Gasteiger partial charge in [-0.1, -0.05) is 0 Å². The van der Waals surface area contributed by atoms with E-state index in [2.05, 4.69) is 25.3 Å². The maximum absolute atomic E-state index is 12.8. The van der Waals surface area contributed by atoms with Crippen molar-refractivity contribution in [2.24, 2.45) is 5.41 Å². The number of carbonyl (C=O) groups excluding carboxylic acids is 2. The van der Waals surface area contributed by atoms with Gasteiger partial charge in [-0.15, -0.1) is 5.10 Å². The maximum atomic E-state index is 12.8. The van der Waals surface area contributed by atoms with Gasteiger partial charge in [-0.2, -0.15) is 0 Å². The minimum atomic E-state index is -0.570. The van der Waals surface area contributed by atoms with Gasteiger partial charge in [0.15, 0.2) is 23.2 Å². The van der Waals surface area contributed by atoms with Gasteiger partial charge in [-0.25, -0.2) is 19.4 Å². The van der Waals surface area contributed by atoms with Gasteiger partial charge in [-0.3, -0.25) is 4.79 Å². The molecule has 49 heavy (non-hydrogen) atoms. The van der Waals surface area contributed by atoms with E-state index in [4.69, 9.17) is 29.3 Å². The molecule has 6 heterocycles. The van der Waals surface area contributed by atoms with Crippen molar-refractivity contribution >= 4 is 46.2 Å². The number of hydrogen-bond donors (Lipinski definition) is 2. The number of ether oxygens (including phenoxy) is 3. The van der Waals surface area contributed by atoms with Crippen molar-refractivity contribution in [3.63, 3.8) is 0 Å². The molecule has 7 rings (SSSR count). The van der Waals surface area contributed by atoms with Crippen LogP contribution in [0, 0.1) is 5.41 Å². The van der Waals surface area contributed by atoms with Crippen molar-refractivity contribution in [3.05, 3.63) is 30.0 Å². The summed E-state index contributed by atoms with van der Waals surface area (Å²) in [5, 5.41) is 11.0. The SMILES string of the molecule is CNC(=O)c1ccc2c(c1)N(C)CCN2c1nn(C2CCCCO2)c2nc(N3CCC4(CC3)CO[C@@H](C)[C@H]4NC(=O)OC(C)(C)C)cnc12. The van der Waals surface area contributed by atoms with Crippen LogP contribution in [-0.2, 0) is 14.2 Å². The molecule has 1 aromatic carbocycles. The molecule has 264 valence electrons. The number of alkyl carbamates (subject to hydrolysis) is 1. The number of rotatable bonds is 5. The number of aromatic nitrogens is 4. The third-order valence-corrected chi connectivity index (χ3v) is 10.4. The summed E-state index contributed by atoms with van der Waals surface area (Å²) in [6.45, 7) is 11.9. The number of piperidine rings is 1. The van der Waals surface area contributed by atoms with Crippen LogP contribution in [0.5, 0.6) is 0 Å². The smallest absolute Gasteiger partial charge is 0.407 e. The molecule has 3 saturated heterocycles. The number of amides is 2. The van der Waals surface area contributed by atoms with Gasteiger partial charge in [0.2, 0.25) is 0 Å². The molecule has 4 aliphatic heterocycles. The van der Waals surface area contributed by atoms with Crippen molar-refractivity contribution in [1.29, 1.82) is 0 Å². The van der Waals surface area contributed by atoms with Gasteiger partial charge >= 0.3 is 6.09 Å². The summed E-state index contributed by atoms with van der Waals surface area (Å²) in [5.74, 6) is 1.41. The maximum Gasteiger partial charge on any atom is 0.407 e. The molecular formula is C35H49N9O5. The Labute approximate surface area is 287 Å². The van der Waals surface area contributed by atoms with Gasteiger partial charge in [-0.05, 0) is 78.0 Å². The predicted molar refractivity (Wildman–Crippen MR) is 187 cm³/mol. The highest BCUT2D eigenvalue weighted by Gasteiger charge is 2.50. The number of carbonyl (C=O) groups is 2. The van der Waals surface area contributed by atoms with Crippen molar-refractivity contribution in [2.45, 2.75) is 83.8 Å². The quantitative estimate of drug-likeness (QED) is 0.399. The van der Waals surface area contributed by atoms with Crippen LogP contribution >= 0.6 is 0 Å². The van der Waals surface area contributed by atoms with Crippen LogP contribution in [0.25, 0.3) is 11.2 Å². The zero-order chi connectivity index (χ0) is 34.5. The highest BCUT2D eigenvalue weighted by atomic mass is 16.6. The van der Waals surface area contributed by atoms with Crippen LogP contribution in [0.3, 0.4) is 0 Å². The van der Waals surface area contributed by atoms with Crippen LogP contribution in [0.1, 0.15) is 76.4 Å². The molecule has 0 radical (unpaired) electrons. The summed E-state index contributed by atoms with van der Waals surface area (Å²) in [4.78, 5) is 42.1. The fraction of sp³-hybridized carbons (Fsp3) is 0.629. The topological polar surface area (TPSA) is 139 Å². The molecule has 3 atom stereocenters. The summed E-state index contributed by atoms with van der Waals surface area (Å²) in [5.41, 5.74) is 3.20. The fourth-order valence-electron chi connectivity index (χ4n) is 7.71. The monoisotopic (exact) mass is 675 g/mol. The van der Waals surface area contributed by atoms with Gasteiger partial charge in [0.25, 0.3) is 5.91 Å². The van der Waals surface area contributed by atoms with Crippen LogP contribution in [0.2, 0.25) is 0 Å². The lowest BCUT2D eigenvalue weighted by atomic mass is 9.73. The van der Waals surface area contributed by atoms with Gasteiger partial charge in [0.1, 0.15) is 11.4 Å². The first-order valence-electron chi connectivity index (χ1n) is 17.5. The fourth-order valence-corrected chi connectivity index (χ4v) is 7.71. The van der Waals surface area contributed by atoms with E-state index < -0.39 is 11.7 Å². The Morgan fingerprint density at radius 2 is 1.86 bits per heavy atom. The standard InChI is InChI=1S/C35H49N9O5/c1-22-29(39-33(46)49-34(2,3)4)35(21-48-22)12-14-42(15-13-35)26-20-37-28-30(38-26)44(27-9-7-8-18-47-27)40-31(28)43-17-16-41(6)25-19-23(32(45)36-5)10-11-24(25)43/h10-11,19-20,22,27,29H,7-9,12-18,21H2,1-6H3,(H,36,45)(H,39,46)/t22-,27?,29+/m0/s1. The third kappa shape index (κ3) is 6.36. The van der Waals surface area contributed by atoms with Crippen molar-refractivity contribution < 1.29 is 23.8 Å². The van der Waals surface area contributed by atoms with E-state index in [1.54, 1.807) is 7.05 Å². The van der Waals surface area contributed by atoms with Gasteiger partial charge in [0, 0.05) is 57.9 Å². The highest BCUT2D eigenvalue weighted by molar-refractivity contribution is 5.98. The molecule has 1 unspecified atom stereocenters. The van der Waals surface area contributed by atoms with Crippen LogP contribution < -0.4 is 25.3 Å². The highest BCUT2D eigenvalue weighted by Crippen LogP contribution is 2.44. The van der Waals surface area contributed by atoms with Crippen molar-refractivity contribution in [2.75, 3.05) is 68.2 Å². The molecule has 3 aromatic rings. The average Bonchev–Trinajstić information content (AvgIpc) is 3.61. The molecule has 3 fully saturated rings. The Bertz CT molecular complexity index is 1710. The molecule has 0 saturated carbocycles. The van der Waals surface area contributed by atoms with E-state index in [0.717, 1.165) is 80.3 Å². The minimum Gasteiger partial charge on any atom is -0.444 e. The molecule has 0 aliphatic carbocycles. The predicted octanol–water partition coefficient (Wildman–Crippen LogP) is 4.37. The molecule has 4 aliphatic rings. The Kier molecular flexibility index (Phi) is 8.80. The lowest BCUT2D eigenvalue weighted by Gasteiger charge is -2.42. The minimum absolute atomic E-state index is 0.103. The lowest BCUT2D eigenvalue weighted by molar-refractivity contribution is -0.0368. The number of fused-ring (bicyclic) bond motifs is 2. The number of benzene rings is 1. The second-order valence-corrected chi connectivity index (χ2v) is 14.8. The van der Waals surface area contributed by atoms with Gasteiger partial charge < -0.3 is 39.5 Å². The van der Waals surface area contributed by atoms with Crippen LogP contribution in [-0.4, -0.2) is 103 Å². The van der Waals surface area contributed by atoms with E-state index in [9.17, 15) is 9.59 Å². The van der Waals surface area contributed by atoms with E-state index in [0.29, 0.717) is 31.0 Å². The molecule has 2 N–H and O–H groups in total. The number of nitrogens with one attached hydrogen (secondary N) is 2. The van der Waals surface area contributed by atoms with Crippen LogP contribution in [0.15, 0.2) is 24.4 Å². The summed E-state index contributed by atoms with van der Waals surface area (Å²) < 4.78 is 19.9. The normalized spacial score (nSPS) is 23.9. The van der Waals surface area contributed by atoms with E-state index >= 15 is 0 Å². The second kappa shape index (κ2) is 12.9. The zero-order valence-electron chi connectivity index (χ0n) is 29.5. The molecule has 14 nitrogen and oxygen atoms in total. The van der Waals surface area contributed by atoms with E-state index in [1.165, 1.54) is 0 Å². The second-order valence-electron chi connectivity index (χ2n) is 14.8. The number of hydrogen-bond acceptors (Lipinski definition) is 11. The third-order valence-electron chi connectivity index (χ3n) is 10.4. The first-order valence-corrected chi connectivity index (χ1v) is 17.5. The first-order chi connectivity index (χ1) is 23.5. The molecule has 0 bridgehead atoms. The van der Waals surface area contributed by atoms with Crippen LogP contribution in [0.4, 0.5) is 27.8 Å². The average molecular weight is 676 g/mol.